The van der Waals surface area contributed by atoms with Crippen LogP contribution in [0, 0.1) is 6.92 Å². The van der Waals surface area contributed by atoms with Crippen LogP contribution in [0.1, 0.15) is 31.7 Å². The van der Waals surface area contributed by atoms with Crippen molar-refractivity contribution in [3.63, 3.8) is 0 Å². The van der Waals surface area contributed by atoms with Gasteiger partial charge in [-0.25, -0.2) is 13.2 Å². The van der Waals surface area contributed by atoms with Crippen LogP contribution < -0.4 is 10.6 Å². The smallest absolute Gasteiger partial charge is 0.325 e. The maximum atomic E-state index is 13.0. The molecule has 1 aliphatic heterocycles. The molecule has 1 saturated heterocycles. The van der Waals surface area contributed by atoms with Crippen LogP contribution in [0.3, 0.4) is 0 Å². The van der Waals surface area contributed by atoms with Gasteiger partial charge >= 0.3 is 12.0 Å². The molecule has 9 nitrogen and oxygen atoms in total. The molecule has 0 bridgehead atoms. The number of urea groups is 1. The molecule has 1 aromatic carbocycles. The van der Waals surface area contributed by atoms with Crippen molar-refractivity contribution in [2.75, 3.05) is 13.6 Å². The monoisotopic (exact) mass is 411 g/mol. The zero-order chi connectivity index (χ0) is 20.9. The molecule has 1 fully saturated rings. The molecule has 0 aliphatic carbocycles. The van der Waals surface area contributed by atoms with Gasteiger partial charge in [0.2, 0.25) is 10.0 Å². The van der Waals surface area contributed by atoms with E-state index in [2.05, 4.69) is 5.32 Å². The van der Waals surface area contributed by atoms with E-state index in [0.29, 0.717) is 19.3 Å². The number of nitrogens with zero attached hydrogens (tertiary/aromatic N) is 1. The number of amides is 3. The lowest BCUT2D eigenvalue weighted by atomic mass is 10.1. The molecule has 28 heavy (non-hydrogen) atoms. The number of ether oxygens (including phenoxy) is 1. The number of benzene rings is 1. The van der Waals surface area contributed by atoms with E-state index >= 15 is 0 Å². The number of carbonyl (C=O) groups excluding carboxylic acids is 3. The van der Waals surface area contributed by atoms with Crippen LogP contribution in [-0.2, 0) is 24.3 Å². The summed E-state index contributed by atoms with van der Waals surface area (Å²) in [5.74, 6) is -1.61. The van der Waals surface area contributed by atoms with E-state index in [4.69, 9.17) is 4.74 Å². The molecule has 10 heteroatoms. The molecular weight excluding hydrogens is 386 g/mol. The van der Waals surface area contributed by atoms with E-state index < -0.39 is 40.1 Å². The molecule has 2 rings (SSSR count). The van der Waals surface area contributed by atoms with Crippen LogP contribution in [0.15, 0.2) is 29.2 Å². The van der Waals surface area contributed by atoms with Gasteiger partial charge in [0.25, 0.3) is 5.91 Å². The van der Waals surface area contributed by atoms with Crippen molar-refractivity contribution in [3.8, 4) is 0 Å². The van der Waals surface area contributed by atoms with Crippen LogP contribution in [-0.4, -0.2) is 56.4 Å². The zero-order valence-corrected chi connectivity index (χ0v) is 16.9. The van der Waals surface area contributed by atoms with Crippen molar-refractivity contribution in [2.24, 2.45) is 0 Å². The fraction of sp³-hybridized carbons (Fsp3) is 0.500. The molecule has 0 radical (unpaired) electrons. The van der Waals surface area contributed by atoms with Crippen molar-refractivity contribution in [1.82, 2.24) is 14.9 Å². The van der Waals surface area contributed by atoms with Gasteiger partial charge in [-0.3, -0.25) is 14.9 Å². The molecule has 0 saturated carbocycles. The largest absolute Gasteiger partial charge is 0.451 e. The lowest BCUT2D eigenvalue weighted by molar-refractivity contribution is -0.159. The number of sulfonamides is 1. The Balaban J connectivity index is 2.15. The Kier molecular flexibility index (Phi) is 7.14. The zero-order valence-electron chi connectivity index (χ0n) is 16.1. The van der Waals surface area contributed by atoms with Gasteiger partial charge in [-0.2, -0.15) is 4.31 Å². The maximum Gasteiger partial charge on any atom is 0.325 e. The third-order valence-corrected chi connectivity index (χ3v) is 6.40. The van der Waals surface area contributed by atoms with E-state index in [-0.39, 0.29) is 11.4 Å². The summed E-state index contributed by atoms with van der Waals surface area (Å²) in [6.45, 7) is 3.36. The number of rotatable bonds is 5. The van der Waals surface area contributed by atoms with Crippen molar-refractivity contribution in [3.05, 3.63) is 29.8 Å². The second-order valence-corrected chi connectivity index (χ2v) is 8.48. The lowest BCUT2D eigenvalue weighted by Crippen LogP contribution is -2.50. The third kappa shape index (κ3) is 5.08. The summed E-state index contributed by atoms with van der Waals surface area (Å²) in [7, 11) is -2.54. The predicted molar refractivity (Wildman–Crippen MR) is 101 cm³/mol. The van der Waals surface area contributed by atoms with Gasteiger partial charge in [0.15, 0.2) is 6.10 Å². The predicted octanol–water partition coefficient (Wildman–Crippen LogP) is 0.926. The molecule has 0 unspecified atom stereocenters. The summed E-state index contributed by atoms with van der Waals surface area (Å²) in [5.41, 5.74) is 0.921. The van der Waals surface area contributed by atoms with Crippen LogP contribution in [0.2, 0.25) is 0 Å². The van der Waals surface area contributed by atoms with Gasteiger partial charge in [0.1, 0.15) is 6.04 Å². The SMILES string of the molecule is CNC(=O)NC(=O)[C@H](C)OC(=O)[C@H]1CCCCN1S(=O)(=O)c1ccc(C)cc1. The van der Waals surface area contributed by atoms with Crippen LogP contribution in [0.4, 0.5) is 4.79 Å². The summed E-state index contributed by atoms with van der Waals surface area (Å²) in [6.07, 6.45) is 0.351. The van der Waals surface area contributed by atoms with Crippen LogP contribution in [0.5, 0.6) is 0 Å². The minimum absolute atomic E-state index is 0.100. The third-order valence-electron chi connectivity index (χ3n) is 4.48. The minimum Gasteiger partial charge on any atom is -0.451 e. The average Bonchev–Trinajstić information content (AvgIpc) is 2.68. The molecule has 2 atom stereocenters. The number of hydrogen-bond acceptors (Lipinski definition) is 6. The van der Waals surface area contributed by atoms with Gasteiger partial charge in [0, 0.05) is 13.6 Å². The van der Waals surface area contributed by atoms with Gasteiger partial charge in [0.05, 0.1) is 4.90 Å². The summed E-state index contributed by atoms with van der Waals surface area (Å²) in [5, 5.41) is 4.23. The topological polar surface area (TPSA) is 122 Å². The molecule has 154 valence electrons. The Labute approximate surface area is 164 Å². The van der Waals surface area contributed by atoms with Crippen molar-refractivity contribution in [1.29, 1.82) is 0 Å². The fourth-order valence-corrected chi connectivity index (χ4v) is 4.50. The standard InChI is InChI=1S/C18H25N3O6S/c1-12-7-9-14(10-8-12)28(25,26)21-11-5-4-6-15(21)17(23)27-13(2)16(22)20-18(24)19-3/h7-10,13,15H,4-6,11H2,1-3H3,(H2,19,20,22,24)/t13-,15+/m0/s1. The highest BCUT2D eigenvalue weighted by Crippen LogP contribution is 2.26. The number of hydrogen-bond donors (Lipinski definition) is 2. The molecule has 1 heterocycles. The number of carbonyl (C=O) groups is 3. The summed E-state index contributed by atoms with van der Waals surface area (Å²) >= 11 is 0. The van der Waals surface area contributed by atoms with Gasteiger partial charge < -0.3 is 10.1 Å². The first-order valence-corrected chi connectivity index (χ1v) is 10.4. The number of imide groups is 1. The Bertz CT molecular complexity index is 837. The minimum atomic E-state index is -3.88. The summed E-state index contributed by atoms with van der Waals surface area (Å²) in [6, 6.07) is 4.64. The first-order chi connectivity index (χ1) is 13.2. The molecule has 3 amide bonds. The van der Waals surface area contributed by atoms with Crippen molar-refractivity contribution >= 4 is 27.9 Å². The number of piperidine rings is 1. The summed E-state index contributed by atoms with van der Waals surface area (Å²) in [4.78, 5) is 35.8. The van der Waals surface area contributed by atoms with Crippen molar-refractivity contribution < 1.29 is 27.5 Å². The number of nitrogens with one attached hydrogen (secondary N) is 2. The van der Waals surface area contributed by atoms with E-state index in [0.717, 1.165) is 9.87 Å². The normalized spacial score (nSPS) is 18.8. The first kappa shape index (κ1) is 21.8. The highest BCUT2D eigenvalue weighted by Gasteiger charge is 2.39. The molecule has 1 aliphatic rings. The number of aryl methyl sites for hydroxylation is 1. The lowest BCUT2D eigenvalue weighted by Gasteiger charge is -2.33. The van der Waals surface area contributed by atoms with Gasteiger partial charge in [-0.05, 0) is 45.2 Å². The quantitative estimate of drug-likeness (QED) is 0.695. The van der Waals surface area contributed by atoms with E-state index in [1.807, 2.05) is 12.2 Å². The Hall–Kier alpha value is -2.46. The number of esters is 1. The first-order valence-electron chi connectivity index (χ1n) is 8.98. The second kappa shape index (κ2) is 9.16. The van der Waals surface area contributed by atoms with E-state index in [1.54, 1.807) is 12.1 Å². The summed E-state index contributed by atoms with van der Waals surface area (Å²) < 4.78 is 32.3. The van der Waals surface area contributed by atoms with Crippen molar-refractivity contribution in [2.45, 2.75) is 50.2 Å². The van der Waals surface area contributed by atoms with Gasteiger partial charge in [-0.1, -0.05) is 17.7 Å². The average molecular weight is 411 g/mol. The molecule has 1 aromatic rings. The van der Waals surface area contributed by atoms with E-state index in [9.17, 15) is 22.8 Å². The van der Waals surface area contributed by atoms with E-state index in [1.165, 1.54) is 26.1 Å². The molecule has 0 aromatic heterocycles. The Morgan fingerprint density at radius 1 is 1.18 bits per heavy atom. The fourth-order valence-electron chi connectivity index (χ4n) is 2.86. The Morgan fingerprint density at radius 2 is 1.82 bits per heavy atom. The van der Waals surface area contributed by atoms with Gasteiger partial charge in [-0.15, -0.1) is 0 Å². The van der Waals surface area contributed by atoms with Crippen LogP contribution >= 0.6 is 0 Å². The molecular formula is C18H25N3O6S. The Morgan fingerprint density at radius 3 is 2.43 bits per heavy atom. The molecule has 2 N–H and O–H groups in total. The molecule has 0 spiro atoms. The second-order valence-electron chi connectivity index (χ2n) is 6.59. The van der Waals surface area contributed by atoms with Crippen LogP contribution in [0.25, 0.3) is 0 Å². The highest BCUT2D eigenvalue weighted by atomic mass is 32.2. The maximum absolute atomic E-state index is 13.0. The highest BCUT2D eigenvalue weighted by molar-refractivity contribution is 7.89.